The van der Waals surface area contributed by atoms with Crippen LogP contribution in [0, 0.1) is 5.92 Å². The van der Waals surface area contributed by atoms with Gasteiger partial charge in [-0.15, -0.1) is 11.3 Å². The molecule has 0 aliphatic rings. The van der Waals surface area contributed by atoms with E-state index in [1.807, 2.05) is 11.3 Å². The maximum atomic E-state index is 3.79. The summed E-state index contributed by atoms with van der Waals surface area (Å²) in [7, 11) is 0. The van der Waals surface area contributed by atoms with Gasteiger partial charge in [-0.2, -0.15) is 0 Å². The topological polar surface area (TPSA) is 12.0 Å². The highest BCUT2D eigenvalue weighted by Crippen LogP contribution is 2.29. The van der Waals surface area contributed by atoms with E-state index in [-0.39, 0.29) is 0 Å². The van der Waals surface area contributed by atoms with Crippen molar-refractivity contribution >= 4 is 11.3 Å². The van der Waals surface area contributed by atoms with Gasteiger partial charge in [0, 0.05) is 17.0 Å². The van der Waals surface area contributed by atoms with Crippen LogP contribution >= 0.6 is 11.3 Å². The van der Waals surface area contributed by atoms with Gasteiger partial charge in [0.25, 0.3) is 0 Å². The Labute approximate surface area is 133 Å². The van der Waals surface area contributed by atoms with Crippen LogP contribution in [0.5, 0.6) is 0 Å². The van der Waals surface area contributed by atoms with E-state index in [0.717, 1.165) is 0 Å². The predicted molar refractivity (Wildman–Crippen MR) is 94.0 cm³/mol. The lowest BCUT2D eigenvalue weighted by Gasteiger charge is -2.26. The van der Waals surface area contributed by atoms with Crippen LogP contribution in [-0.2, 0) is 0 Å². The first kappa shape index (κ1) is 16.3. The molecule has 1 aromatic carbocycles. The van der Waals surface area contributed by atoms with Crippen molar-refractivity contribution in [2.45, 2.75) is 52.6 Å². The van der Waals surface area contributed by atoms with Crippen molar-refractivity contribution in [3.05, 3.63) is 57.8 Å². The molecule has 0 amide bonds. The van der Waals surface area contributed by atoms with Crippen LogP contribution in [0.25, 0.3) is 0 Å². The highest BCUT2D eigenvalue weighted by atomic mass is 32.1. The molecule has 2 heteroatoms. The summed E-state index contributed by atoms with van der Waals surface area (Å²) >= 11 is 1.84. The Morgan fingerprint density at radius 2 is 1.48 bits per heavy atom. The summed E-state index contributed by atoms with van der Waals surface area (Å²) in [4.78, 5) is 1.43. The Balaban J connectivity index is 2.10. The van der Waals surface area contributed by atoms with Crippen LogP contribution in [-0.4, -0.2) is 0 Å². The molecule has 1 N–H and O–H groups in total. The minimum Gasteiger partial charge on any atom is -0.302 e. The first-order valence-electron chi connectivity index (χ1n) is 7.88. The van der Waals surface area contributed by atoms with Gasteiger partial charge in [-0.3, -0.25) is 0 Å². The largest absolute Gasteiger partial charge is 0.302 e. The molecule has 114 valence electrons. The van der Waals surface area contributed by atoms with Gasteiger partial charge in [0.1, 0.15) is 0 Å². The van der Waals surface area contributed by atoms with Crippen molar-refractivity contribution in [1.29, 1.82) is 0 Å². The maximum absolute atomic E-state index is 3.79. The molecule has 0 aliphatic carbocycles. The normalized spacial score (nSPS) is 14.6. The fourth-order valence-electron chi connectivity index (χ4n) is 2.61. The van der Waals surface area contributed by atoms with E-state index in [2.05, 4.69) is 81.7 Å². The summed E-state index contributed by atoms with van der Waals surface area (Å²) in [5, 5.41) is 5.96. The number of hydrogen-bond donors (Lipinski definition) is 1. The third-order valence-electron chi connectivity index (χ3n) is 4.05. The molecule has 0 saturated carbocycles. The van der Waals surface area contributed by atoms with Crippen LogP contribution in [0.2, 0.25) is 0 Å². The van der Waals surface area contributed by atoms with Crippen molar-refractivity contribution in [2.75, 3.05) is 0 Å². The lowest BCUT2D eigenvalue weighted by Crippen LogP contribution is -2.27. The lowest BCUT2D eigenvalue weighted by atomic mass is 9.97. The Morgan fingerprint density at radius 3 is 1.95 bits per heavy atom. The fourth-order valence-corrected chi connectivity index (χ4v) is 3.56. The molecule has 2 unspecified atom stereocenters. The smallest absolute Gasteiger partial charge is 0.0442 e. The maximum Gasteiger partial charge on any atom is 0.0442 e. The highest BCUT2D eigenvalue weighted by molar-refractivity contribution is 7.10. The molecule has 0 saturated heterocycles. The number of hydrogen-bond acceptors (Lipinski definition) is 2. The SMILES string of the molecule is CC(C)c1ccc(C(C)NC(c2cccs2)C(C)C)cc1. The second-order valence-electron chi connectivity index (χ2n) is 6.45. The Morgan fingerprint density at radius 1 is 0.857 bits per heavy atom. The lowest BCUT2D eigenvalue weighted by molar-refractivity contribution is 0.379. The first-order valence-corrected chi connectivity index (χ1v) is 8.76. The Hall–Kier alpha value is -1.12. The van der Waals surface area contributed by atoms with Crippen LogP contribution in [0.3, 0.4) is 0 Å². The number of rotatable bonds is 6. The molecule has 0 spiro atoms. The monoisotopic (exact) mass is 301 g/mol. The van der Waals surface area contributed by atoms with Crippen LogP contribution in [0.4, 0.5) is 0 Å². The summed E-state index contributed by atoms with van der Waals surface area (Å²) in [6.45, 7) is 11.3. The third-order valence-corrected chi connectivity index (χ3v) is 5.00. The molecule has 1 heterocycles. The fraction of sp³-hybridized carbons (Fsp3) is 0.474. The van der Waals surface area contributed by atoms with E-state index < -0.39 is 0 Å². The quantitative estimate of drug-likeness (QED) is 0.698. The molecule has 2 aromatic rings. The molecule has 2 atom stereocenters. The van der Waals surface area contributed by atoms with E-state index in [4.69, 9.17) is 0 Å². The van der Waals surface area contributed by atoms with Crippen molar-refractivity contribution in [3.8, 4) is 0 Å². The number of thiophene rings is 1. The molecule has 1 aromatic heterocycles. The molecule has 1 nitrogen and oxygen atoms in total. The second-order valence-corrected chi connectivity index (χ2v) is 7.43. The van der Waals surface area contributed by atoms with Crippen molar-refractivity contribution in [1.82, 2.24) is 5.32 Å². The highest BCUT2D eigenvalue weighted by Gasteiger charge is 2.19. The van der Waals surface area contributed by atoms with Gasteiger partial charge in [0.2, 0.25) is 0 Å². The Kier molecular flexibility index (Phi) is 5.60. The minimum atomic E-state index is 0.362. The van der Waals surface area contributed by atoms with Crippen molar-refractivity contribution in [3.63, 3.8) is 0 Å². The summed E-state index contributed by atoms with van der Waals surface area (Å²) in [5.41, 5.74) is 2.77. The van der Waals surface area contributed by atoms with Gasteiger partial charge in [-0.05, 0) is 41.3 Å². The molecule has 2 rings (SSSR count). The van der Waals surface area contributed by atoms with Gasteiger partial charge in [0.15, 0.2) is 0 Å². The number of benzene rings is 1. The summed E-state index contributed by atoms with van der Waals surface area (Å²) in [5.74, 6) is 1.18. The predicted octanol–water partition coefficient (Wildman–Crippen LogP) is 5.92. The van der Waals surface area contributed by atoms with E-state index in [9.17, 15) is 0 Å². The van der Waals surface area contributed by atoms with Gasteiger partial charge in [-0.25, -0.2) is 0 Å². The zero-order chi connectivity index (χ0) is 15.4. The zero-order valence-corrected chi connectivity index (χ0v) is 14.6. The standard InChI is InChI=1S/C19H27NS/c1-13(2)16-8-10-17(11-9-16)15(5)20-19(14(3)4)18-7-6-12-21-18/h6-15,19-20H,1-5H3. The van der Waals surface area contributed by atoms with Crippen molar-refractivity contribution in [2.24, 2.45) is 5.92 Å². The summed E-state index contributed by atoms with van der Waals surface area (Å²) in [6, 6.07) is 14.2. The summed E-state index contributed by atoms with van der Waals surface area (Å²) < 4.78 is 0. The van der Waals surface area contributed by atoms with Gasteiger partial charge >= 0.3 is 0 Å². The molecular formula is C19H27NS. The van der Waals surface area contributed by atoms with Crippen LogP contribution in [0.15, 0.2) is 41.8 Å². The zero-order valence-electron chi connectivity index (χ0n) is 13.8. The van der Waals surface area contributed by atoms with E-state index in [1.54, 1.807) is 0 Å². The van der Waals surface area contributed by atoms with Crippen LogP contribution < -0.4 is 5.32 Å². The molecule has 0 fully saturated rings. The third kappa shape index (κ3) is 4.18. The first-order chi connectivity index (χ1) is 9.99. The average molecular weight is 301 g/mol. The minimum absolute atomic E-state index is 0.362. The van der Waals surface area contributed by atoms with E-state index in [1.165, 1.54) is 16.0 Å². The molecular weight excluding hydrogens is 274 g/mol. The van der Waals surface area contributed by atoms with E-state index >= 15 is 0 Å². The number of nitrogens with one attached hydrogen (secondary N) is 1. The Bertz CT molecular complexity index is 525. The molecule has 0 radical (unpaired) electrons. The van der Waals surface area contributed by atoms with Crippen LogP contribution in [0.1, 0.15) is 68.6 Å². The van der Waals surface area contributed by atoms with Gasteiger partial charge < -0.3 is 5.32 Å². The second kappa shape index (κ2) is 7.24. The molecule has 0 aliphatic heterocycles. The summed E-state index contributed by atoms with van der Waals surface area (Å²) in [6.07, 6.45) is 0. The molecule has 0 bridgehead atoms. The van der Waals surface area contributed by atoms with E-state index in [0.29, 0.717) is 23.9 Å². The average Bonchev–Trinajstić information content (AvgIpc) is 2.98. The molecule has 21 heavy (non-hydrogen) atoms. The van der Waals surface area contributed by atoms with Gasteiger partial charge in [0.05, 0.1) is 0 Å². The van der Waals surface area contributed by atoms with Gasteiger partial charge in [-0.1, -0.05) is 58.0 Å². The van der Waals surface area contributed by atoms with Crippen molar-refractivity contribution < 1.29 is 0 Å².